The smallest absolute Gasteiger partial charge is 0.00105 e. The fourth-order valence-electron chi connectivity index (χ4n) is 3.95. The molecule has 2 bridgehead atoms. The molecule has 5 aliphatic carbocycles. The Morgan fingerprint density at radius 3 is 2.38 bits per heavy atom. The molecular formula is C8H7. The minimum Gasteiger partial charge on any atom is -0.0461 e. The Kier molecular flexibility index (Phi) is 0.211. The van der Waals surface area contributed by atoms with Crippen LogP contribution in [0.25, 0.3) is 0 Å². The van der Waals surface area contributed by atoms with Gasteiger partial charge in [-0.25, -0.2) is 0 Å². The van der Waals surface area contributed by atoms with E-state index in [2.05, 4.69) is 0 Å². The fourth-order valence-corrected chi connectivity index (χ4v) is 3.95. The predicted octanol–water partition coefficient (Wildman–Crippen LogP) is 1.09. The Labute approximate surface area is 49.3 Å². The maximum atomic E-state index is 7.84. The molecule has 6 atom stereocenters. The number of hydrogen-bond acceptors (Lipinski definition) is 0. The van der Waals surface area contributed by atoms with Crippen LogP contribution in [-0.4, -0.2) is 0 Å². The molecule has 0 heteroatoms. The van der Waals surface area contributed by atoms with E-state index >= 15 is 0 Å². The van der Waals surface area contributed by atoms with Crippen molar-refractivity contribution in [2.45, 2.75) is 6.42 Å². The van der Waals surface area contributed by atoms with Crippen LogP contribution in [0.5, 0.6) is 0 Å². The fraction of sp³-hybridized carbons (Fsp3) is 0.875. The van der Waals surface area contributed by atoms with Crippen molar-refractivity contribution in [2.75, 3.05) is 0 Å². The van der Waals surface area contributed by atoms with Crippen molar-refractivity contribution in [3.05, 3.63) is 6.92 Å². The van der Waals surface area contributed by atoms with Gasteiger partial charge in [-0.2, -0.15) is 0 Å². The molecule has 6 unspecified atom stereocenters. The summed E-state index contributed by atoms with van der Waals surface area (Å²) in [7, 11) is 0. The molecule has 0 N–H and O–H groups in total. The van der Waals surface area contributed by atoms with E-state index in [9.17, 15) is 0 Å². The van der Waals surface area contributed by atoms with E-state index in [1.807, 2.05) is 0 Å². The highest BCUT2D eigenvalue weighted by Gasteiger charge is 2.94. The van der Waals surface area contributed by atoms with Crippen LogP contribution in [0.4, 0.5) is 0 Å². The summed E-state index contributed by atoms with van der Waals surface area (Å²) in [6.45, 7) is 7.84. The Balaban J connectivity index is 2.12. The first-order valence-corrected chi connectivity index (χ1v) is 3.60. The second kappa shape index (κ2) is 0.521. The first-order valence-electron chi connectivity index (χ1n) is 3.60. The van der Waals surface area contributed by atoms with E-state index in [1.165, 1.54) is 6.42 Å². The highest BCUT2D eigenvalue weighted by atomic mass is 15.0. The highest BCUT2D eigenvalue weighted by Crippen LogP contribution is 2.98. The van der Waals surface area contributed by atoms with Gasteiger partial charge in [-0.3, -0.25) is 0 Å². The summed E-state index contributed by atoms with van der Waals surface area (Å²) in [5.74, 6) is 4.93. The lowest BCUT2D eigenvalue weighted by atomic mass is 9.87. The third-order valence-electron chi connectivity index (χ3n) is 4.21. The minimum atomic E-state index is 0.204. The topological polar surface area (TPSA) is 0 Å². The van der Waals surface area contributed by atoms with Crippen LogP contribution in [0.15, 0.2) is 0 Å². The maximum Gasteiger partial charge on any atom is -0.00105 e. The summed E-state index contributed by atoms with van der Waals surface area (Å²) in [6.07, 6.45) is 1.45. The largest absolute Gasteiger partial charge is 0.0461 e. The van der Waals surface area contributed by atoms with Gasteiger partial charge >= 0.3 is 0 Å². The molecule has 0 aromatic heterocycles. The van der Waals surface area contributed by atoms with Crippen molar-refractivity contribution in [1.82, 2.24) is 0 Å². The minimum absolute atomic E-state index is 0.204. The zero-order chi connectivity index (χ0) is 5.09. The van der Waals surface area contributed by atoms with Crippen molar-refractivity contribution in [3.63, 3.8) is 0 Å². The summed E-state index contributed by atoms with van der Waals surface area (Å²) in [6, 6.07) is 0. The van der Waals surface area contributed by atoms with E-state index < -0.39 is 0 Å². The molecule has 0 aromatic rings. The lowest BCUT2D eigenvalue weighted by Crippen LogP contribution is -2.14. The molecule has 39 valence electrons. The predicted molar refractivity (Wildman–Crippen MR) is 27.7 cm³/mol. The molecule has 0 spiro atoms. The Hall–Kier alpha value is 0. The van der Waals surface area contributed by atoms with E-state index in [1.54, 1.807) is 0 Å². The van der Waals surface area contributed by atoms with Gasteiger partial charge in [-0.15, -0.1) is 0 Å². The molecule has 0 amide bonds. The molecular weight excluding hydrogens is 96.1 g/mol. The maximum absolute atomic E-state index is 7.84. The monoisotopic (exact) mass is 103 g/mol. The summed E-state index contributed by atoms with van der Waals surface area (Å²) in [4.78, 5) is 0. The van der Waals surface area contributed by atoms with Gasteiger partial charge in [0.2, 0.25) is 0 Å². The molecule has 0 saturated heterocycles. The molecule has 5 fully saturated rings. The number of rotatable bonds is 0. The zero-order valence-electron chi connectivity index (χ0n) is 4.59. The normalized spacial score (nSPS) is 94.9. The Bertz CT molecular complexity index is 175. The van der Waals surface area contributed by atoms with Crippen molar-refractivity contribution in [3.8, 4) is 0 Å². The Morgan fingerprint density at radius 2 is 2.25 bits per heavy atom. The average molecular weight is 103 g/mol. The summed E-state index contributed by atoms with van der Waals surface area (Å²) >= 11 is 0. The zero-order valence-corrected chi connectivity index (χ0v) is 4.59. The molecule has 0 aliphatic heterocycles. The van der Waals surface area contributed by atoms with Crippen LogP contribution in [0.3, 0.4) is 0 Å². The molecule has 0 nitrogen and oxygen atoms in total. The highest BCUT2D eigenvalue weighted by molar-refractivity contribution is 5.43. The third kappa shape index (κ3) is 0.104. The molecule has 5 aliphatic rings. The molecule has 0 aromatic carbocycles. The summed E-state index contributed by atoms with van der Waals surface area (Å²) in [5, 5.41) is 0. The molecule has 5 rings (SSSR count). The van der Waals surface area contributed by atoms with Crippen molar-refractivity contribution < 1.29 is 0 Å². The van der Waals surface area contributed by atoms with Gasteiger partial charge in [-0.1, -0.05) is 0 Å². The van der Waals surface area contributed by atoms with Gasteiger partial charge in [0.25, 0.3) is 0 Å². The summed E-state index contributed by atoms with van der Waals surface area (Å²) < 4.78 is 0. The first-order chi connectivity index (χ1) is 3.85. The molecule has 0 heterocycles. The quantitative estimate of drug-likeness (QED) is 0.430. The second-order valence-corrected chi connectivity index (χ2v) is 4.07. The van der Waals surface area contributed by atoms with Gasteiger partial charge in [0.1, 0.15) is 0 Å². The van der Waals surface area contributed by atoms with Gasteiger partial charge in [0, 0.05) is 0 Å². The first kappa shape index (κ1) is 3.24. The van der Waals surface area contributed by atoms with Crippen molar-refractivity contribution in [1.29, 1.82) is 0 Å². The SMILES string of the molecule is [C]C12C3CC4C(C41)C32. The Morgan fingerprint density at radius 1 is 1.38 bits per heavy atom. The van der Waals surface area contributed by atoms with Gasteiger partial charge in [-0.05, 0) is 48.3 Å². The van der Waals surface area contributed by atoms with Crippen LogP contribution in [0.2, 0.25) is 0 Å². The standard InChI is InChI=1S/C8H7/c1-8-4-2-3-5(6(3)8)7(4)8/h3-7H,2H2. The van der Waals surface area contributed by atoms with Crippen LogP contribution in [-0.2, 0) is 0 Å². The molecule has 5 saturated carbocycles. The average Bonchev–Trinajstić information content (AvgIpc) is 2.37. The van der Waals surface area contributed by atoms with E-state index in [0.29, 0.717) is 0 Å². The summed E-state index contributed by atoms with van der Waals surface area (Å²) in [5.41, 5.74) is 0.204. The van der Waals surface area contributed by atoms with Crippen LogP contribution < -0.4 is 0 Å². The van der Waals surface area contributed by atoms with Crippen LogP contribution in [0, 0.1) is 41.9 Å². The van der Waals surface area contributed by atoms with Gasteiger partial charge in [0.15, 0.2) is 0 Å². The molecule has 3 radical (unpaired) electrons. The third-order valence-corrected chi connectivity index (χ3v) is 4.21. The number of hydrogen-bond donors (Lipinski definition) is 0. The van der Waals surface area contributed by atoms with E-state index in [-0.39, 0.29) is 5.41 Å². The van der Waals surface area contributed by atoms with Gasteiger partial charge < -0.3 is 0 Å². The molecule has 8 heavy (non-hydrogen) atoms. The second-order valence-electron chi connectivity index (χ2n) is 4.07. The van der Waals surface area contributed by atoms with Crippen LogP contribution in [0.1, 0.15) is 6.42 Å². The van der Waals surface area contributed by atoms with E-state index in [0.717, 1.165) is 29.6 Å². The van der Waals surface area contributed by atoms with E-state index in [4.69, 9.17) is 6.92 Å². The lowest BCUT2D eigenvalue weighted by molar-refractivity contribution is 0.333. The van der Waals surface area contributed by atoms with Crippen molar-refractivity contribution >= 4 is 0 Å². The van der Waals surface area contributed by atoms with Crippen LogP contribution >= 0.6 is 0 Å². The van der Waals surface area contributed by atoms with Crippen molar-refractivity contribution in [2.24, 2.45) is 35.0 Å². The van der Waals surface area contributed by atoms with Gasteiger partial charge in [0.05, 0.1) is 0 Å². The lowest BCUT2D eigenvalue weighted by Gasteiger charge is -2.17.